The van der Waals surface area contributed by atoms with Gasteiger partial charge < -0.3 is 44.8 Å². The number of benzene rings is 4. The van der Waals surface area contributed by atoms with Crippen molar-refractivity contribution in [1.82, 2.24) is 0 Å². The van der Waals surface area contributed by atoms with Crippen molar-refractivity contribution in [2.45, 2.75) is 19.8 Å². The monoisotopic (exact) mass is 576 g/mol. The summed E-state index contributed by atoms with van der Waals surface area (Å²) in [5.41, 5.74) is 0.0988. The van der Waals surface area contributed by atoms with Crippen molar-refractivity contribution >= 4 is 17.9 Å². The first-order chi connectivity index (χ1) is 19.9. The molecule has 4 aromatic carbocycles. The minimum absolute atomic E-state index is 0.231. The second-order valence-electron chi connectivity index (χ2n) is 9.10. The van der Waals surface area contributed by atoms with Gasteiger partial charge in [-0.15, -0.1) is 0 Å². The van der Waals surface area contributed by atoms with Gasteiger partial charge in [-0.25, -0.2) is 14.4 Å². The topological polar surface area (TPSA) is 200 Å². The molecule has 4 rings (SSSR count). The number of carbonyl (C=O) groups excluding carboxylic acids is 3. The lowest BCUT2D eigenvalue weighted by Crippen LogP contribution is -2.13. The minimum atomic E-state index is -0.961. The predicted molar refractivity (Wildman–Crippen MR) is 143 cm³/mol. The number of ether oxygens (including phenoxy) is 3. The van der Waals surface area contributed by atoms with Crippen LogP contribution in [0.4, 0.5) is 0 Å². The zero-order chi connectivity index (χ0) is 30.4. The smallest absolute Gasteiger partial charge is 0.338 e. The van der Waals surface area contributed by atoms with Gasteiger partial charge in [0.15, 0.2) is 0 Å². The van der Waals surface area contributed by atoms with Crippen molar-refractivity contribution in [1.29, 1.82) is 0 Å². The van der Waals surface area contributed by atoms with Gasteiger partial charge in [0.1, 0.15) is 54.3 Å². The summed E-state index contributed by atoms with van der Waals surface area (Å²) in [5.74, 6) is -4.40. The van der Waals surface area contributed by atoms with Crippen molar-refractivity contribution < 1.29 is 59.2 Å². The van der Waals surface area contributed by atoms with Crippen LogP contribution in [0.5, 0.6) is 34.5 Å². The summed E-state index contributed by atoms with van der Waals surface area (Å²) in [5, 5.41) is 57.8. The molecule has 42 heavy (non-hydrogen) atoms. The molecule has 6 N–H and O–H groups in total. The van der Waals surface area contributed by atoms with Crippen molar-refractivity contribution in [2.75, 3.05) is 0 Å². The second-order valence-corrected chi connectivity index (χ2v) is 9.10. The summed E-state index contributed by atoms with van der Waals surface area (Å²) in [4.78, 5) is 38.7. The van der Waals surface area contributed by atoms with Gasteiger partial charge in [-0.2, -0.15) is 0 Å². The van der Waals surface area contributed by atoms with Gasteiger partial charge in [-0.3, -0.25) is 0 Å². The lowest BCUT2D eigenvalue weighted by atomic mass is 10.1. The van der Waals surface area contributed by atoms with E-state index in [0.29, 0.717) is 0 Å². The molecule has 12 nitrogen and oxygen atoms in total. The maximum atomic E-state index is 12.9. The van der Waals surface area contributed by atoms with Gasteiger partial charge in [0.25, 0.3) is 0 Å². The molecule has 0 aliphatic carbocycles. The van der Waals surface area contributed by atoms with E-state index in [1.54, 1.807) is 0 Å². The molecule has 216 valence electrons. The standard InChI is InChI=1S/C30H24O12/c31-22-1-16(2-23(32)10-22)13-40-28(37)19-7-20(29(38)41-14-17-3-24(33)11-25(34)4-17)9-21(8-19)30(39)42-15-18-5-26(35)12-27(36)6-18/h1-12,31-36H,13-15H2. The van der Waals surface area contributed by atoms with Crippen LogP contribution in [-0.4, -0.2) is 48.5 Å². The molecule has 0 fully saturated rings. The van der Waals surface area contributed by atoms with E-state index in [2.05, 4.69) is 0 Å². The molecule has 0 saturated carbocycles. The summed E-state index contributed by atoms with van der Waals surface area (Å²) in [6.45, 7) is -1.09. The molecule has 12 heteroatoms. The first kappa shape index (κ1) is 29.1. The quantitative estimate of drug-likeness (QED) is 0.124. The fourth-order valence-corrected chi connectivity index (χ4v) is 3.90. The van der Waals surface area contributed by atoms with Crippen molar-refractivity contribution in [3.63, 3.8) is 0 Å². The van der Waals surface area contributed by atoms with Crippen molar-refractivity contribution in [2.24, 2.45) is 0 Å². The van der Waals surface area contributed by atoms with Crippen molar-refractivity contribution in [3.8, 4) is 34.5 Å². The summed E-state index contributed by atoms with van der Waals surface area (Å²) in [6.07, 6.45) is 0. The number of rotatable bonds is 9. The normalized spacial score (nSPS) is 10.6. The Bertz CT molecular complexity index is 1390. The van der Waals surface area contributed by atoms with E-state index in [-0.39, 0.29) is 87.7 Å². The minimum Gasteiger partial charge on any atom is -0.508 e. The molecule has 0 heterocycles. The van der Waals surface area contributed by atoms with Gasteiger partial charge in [-0.1, -0.05) is 0 Å². The molecule has 0 unspecified atom stereocenters. The molecular weight excluding hydrogens is 552 g/mol. The van der Waals surface area contributed by atoms with Crippen LogP contribution in [0.1, 0.15) is 47.8 Å². The molecule has 0 aliphatic heterocycles. The zero-order valence-corrected chi connectivity index (χ0v) is 21.7. The predicted octanol–water partition coefficient (Wildman–Crippen LogP) is 3.99. The molecule has 0 saturated heterocycles. The Kier molecular flexibility index (Phi) is 8.66. The third kappa shape index (κ3) is 7.82. The molecule has 0 spiro atoms. The van der Waals surface area contributed by atoms with Gasteiger partial charge in [0, 0.05) is 18.2 Å². The van der Waals surface area contributed by atoms with Crippen LogP contribution in [0.3, 0.4) is 0 Å². The highest BCUT2D eigenvalue weighted by Gasteiger charge is 2.20. The van der Waals surface area contributed by atoms with Gasteiger partial charge in [0.05, 0.1) is 16.7 Å². The lowest BCUT2D eigenvalue weighted by molar-refractivity contribution is 0.0467. The molecule has 0 bridgehead atoms. The molecule has 0 amide bonds. The Hall–Kier alpha value is -5.91. The van der Waals surface area contributed by atoms with Gasteiger partial charge in [-0.05, 0) is 71.3 Å². The second kappa shape index (κ2) is 12.5. The average Bonchev–Trinajstić information content (AvgIpc) is 2.91. The van der Waals surface area contributed by atoms with E-state index < -0.39 is 17.9 Å². The molecule has 4 aromatic rings. The van der Waals surface area contributed by atoms with Crippen LogP contribution in [0.15, 0.2) is 72.8 Å². The average molecular weight is 577 g/mol. The van der Waals surface area contributed by atoms with E-state index in [1.165, 1.54) is 36.4 Å². The number of phenolic OH excluding ortho intramolecular Hbond substituents is 6. The molecule has 0 atom stereocenters. The Balaban J connectivity index is 1.56. The number of hydrogen-bond acceptors (Lipinski definition) is 12. The highest BCUT2D eigenvalue weighted by Crippen LogP contribution is 2.24. The number of hydrogen-bond donors (Lipinski definition) is 6. The summed E-state index contributed by atoms with van der Waals surface area (Å²) >= 11 is 0. The first-order valence-electron chi connectivity index (χ1n) is 12.2. The molecular formula is C30H24O12. The van der Waals surface area contributed by atoms with Crippen LogP contribution in [0.2, 0.25) is 0 Å². The zero-order valence-electron chi connectivity index (χ0n) is 21.7. The van der Waals surface area contributed by atoms with Crippen LogP contribution >= 0.6 is 0 Å². The Morgan fingerprint density at radius 3 is 0.810 bits per heavy atom. The largest absolute Gasteiger partial charge is 0.508 e. The fraction of sp³-hybridized carbons (Fsp3) is 0.100. The number of esters is 3. The SMILES string of the molecule is O=C(OCc1cc(O)cc(O)c1)c1cc(C(=O)OCc2cc(O)cc(O)c2)cc(C(=O)OCc2cc(O)cc(O)c2)c1. The maximum Gasteiger partial charge on any atom is 0.338 e. The van der Waals surface area contributed by atoms with Crippen LogP contribution < -0.4 is 0 Å². The highest BCUT2D eigenvalue weighted by atomic mass is 16.5. The number of aromatic hydroxyl groups is 6. The van der Waals surface area contributed by atoms with Crippen molar-refractivity contribution in [3.05, 3.63) is 106 Å². The van der Waals surface area contributed by atoms with E-state index in [9.17, 15) is 45.0 Å². The molecule has 0 radical (unpaired) electrons. The lowest BCUT2D eigenvalue weighted by Gasteiger charge is -2.11. The third-order valence-electron chi connectivity index (χ3n) is 5.64. The fourth-order valence-electron chi connectivity index (χ4n) is 3.90. The van der Waals surface area contributed by atoms with E-state index in [4.69, 9.17) is 14.2 Å². The summed E-state index contributed by atoms with van der Waals surface area (Å²) in [7, 11) is 0. The van der Waals surface area contributed by atoms with Gasteiger partial charge in [0.2, 0.25) is 0 Å². The number of phenols is 6. The Morgan fingerprint density at radius 2 is 0.595 bits per heavy atom. The summed E-state index contributed by atoms with van der Waals surface area (Å²) in [6, 6.07) is 14.2. The van der Waals surface area contributed by atoms with E-state index in [1.807, 2.05) is 0 Å². The molecule has 0 aromatic heterocycles. The molecule has 0 aliphatic rings. The third-order valence-corrected chi connectivity index (χ3v) is 5.64. The van der Waals surface area contributed by atoms with Gasteiger partial charge >= 0.3 is 17.9 Å². The number of carbonyl (C=O) groups is 3. The van der Waals surface area contributed by atoms with Crippen LogP contribution in [-0.2, 0) is 34.0 Å². The Labute approximate surface area is 237 Å². The highest BCUT2D eigenvalue weighted by molar-refractivity contribution is 6.00. The van der Waals surface area contributed by atoms with E-state index >= 15 is 0 Å². The first-order valence-corrected chi connectivity index (χ1v) is 12.2. The van der Waals surface area contributed by atoms with Crippen LogP contribution in [0.25, 0.3) is 0 Å². The van der Waals surface area contributed by atoms with Crippen LogP contribution in [0, 0.1) is 0 Å². The van der Waals surface area contributed by atoms with E-state index in [0.717, 1.165) is 36.4 Å². The Morgan fingerprint density at radius 1 is 0.381 bits per heavy atom. The summed E-state index contributed by atoms with van der Waals surface area (Å²) < 4.78 is 15.7. The maximum absolute atomic E-state index is 12.9.